The first-order chi connectivity index (χ1) is 25.5. The van der Waals surface area contributed by atoms with Crippen molar-refractivity contribution in [1.29, 1.82) is 0 Å². The van der Waals surface area contributed by atoms with Gasteiger partial charge in [0.2, 0.25) is 23.1 Å². The van der Waals surface area contributed by atoms with E-state index < -0.39 is 48.0 Å². The highest BCUT2D eigenvalue weighted by atomic mass is 79.9. The average Bonchev–Trinajstić information content (AvgIpc) is 3.96. The maximum Gasteiger partial charge on any atom is 0.387 e. The van der Waals surface area contributed by atoms with Crippen LogP contribution in [0.5, 0.6) is 11.5 Å². The van der Waals surface area contributed by atoms with Gasteiger partial charge in [-0.25, -0.2) is 8.78 Å². The van der Waals surface area contributed by atoms with E-state index in [0.29, 0.717) is 11.1 Å². The summed E-state index contributed by atoms with van der Waals surface area (Å²) in [5.41, 5.74) is 0.996. The van der Waals surface area contributed by atoms with Gasteiger partial charge >= 0.3 is 13.2 Å². The summed E-state index contributed by atoms with van der Waals surface area (Å²) in [5, 5.41) is 0. The summed E-state index contributed by atoms with van der Waals surface area (Å²) in [4.78, 5) is 50.0. The third-order valence-electron chi connectivity index (χ3n) is 8.03. The summed E-state index contributed by atoms with van der Waals surface area (Å²) in [6, 6.07) is 14.8. The Bertz CT molecular complexity index is 2130. The lowest BCUT2D eigenvalue weighted by atomic mass is 9.95. The molecule has 0 radical (unpaired) electrons. The number of ketones is 4. The average molecular weight is 816 g/mol. The quantitative estimate of drug-likeness (QED) is 0.0613. The van der Waals surface area contributed by atoms with Gasteiger partial charge in [-0.15, -0.1) is 0 Å². The molecule has 0 spiro atoms. The molecule has 4 aromatic carbocycles. The van der Waals surface area contributed by atoms with Crippen molar-refractivity contribution in [2.45, 2.75) is 65.6 Å². The number of hydrogen-bond donors (Lipinski definition) is 0. The lowest BCUT2D eigenvalue weighted by molar-refractivity contribution is -0.0512. The maximum absolute atomic E-state index is 13.9. The lowest BCUT2D eigenvalue weighted by Crippen LogP contribution is -2.16. The molecule has 4 aromatic rings. The van der Waals surface area contributed by atoms with Crippen LogP contribution in [0, 0.1) is 29.4 Å². The van der Waals surface area contributed by atoms with Gasteiger partial charge in [0.15, 0.2) is 0 Å². The minimum absolute atomic E-state index is 0.0236. The SMILES string of the molecule is CC(C)c1cc(C(=O)C(=O)c2ccc(F)c(Br)c2)ccc1OC(F)F.CC(C)c1cc(C(=O)C(=O)c2ccc(F)c(C#CC3CC3)c2)ccc1OC(F)F. The standard InChI is InChI=1S/C23H19F3O3.C18H14BrF3O3/c1-13(2)18-12-17(8-10-20(18)29-23(25)26)22(28)21(27)16-7-9-19(24)15(11-16)6-5-14-3-4-14;1-9(2)12-7-10(4-6-15(12)25-18(21)22)16(23)17(24)11-3-5-14(20)13(19)8-11/h7-14,23H,3-4H2,1-2H3;3-9,18H,1-2H3. The Labute approximate surface area is 316 Å². The van der Waals surface area contributed by atoms with Gasteiger partial charge in [-0.1, -0.05) is 39.5 Å². The molecule has 0 bridgehead atoms. The second kappa shape index (κ2) is 18.2. The molecular formula is C41H33BrF6O6. The van der Waals surface area contributed by atoms with Gasteiger partial charge in [0, 0.05) is 28.2 Å². The van der Waals surface area contributed by atoms with Gasteiger partial charge in [-0.2, -0.15) is 17.6 Å². The molecule has 54 heavy (non-hydrogen) atoms. The van der Waals surface area contributed by atoms with E-state index in [0.717, 1.165) is 25.0 Å². The second-order valence-corrected chi connectivity index (χ2v) is 13.6. The van der Waals surface area contributed by atoms with Crippen molar-refractivity contribution >= 4 is 39.1 Å². The van der Waals surface area contributed by atoms with Crippen LogP contribution in [0.15, 0.2) is 77.3 Å². The minimum atomic E-state index is -3.00. The Morgan fingerprint density at radius 3 is 1.39 bits per heavy atom. The third kappa shape index (κ3) is 10.9. The number of hydrogen-bond acceptors (Lipinski definition) is 6. The molecule has 282 valence electrons. The molecule has 6 nitrogen and oxygen atoms in total. The molecular weight excluding hydrogens is 782 g/mol. The predicted octanol–water partition coefficient (Wildman–Crippen LogP) is 10.8. The van der Waals surface area contributed by atoms with Crippen LogP contribution < -0.4 is 9.47 Å². The number of rotatable bonds is 12. The van der Waals surface area contributed by atoms with Crippen molar-refractivity contribution in [2.24, 2.45) is 5.92 Å². The lowest BCUT2D eigenvalue weighted by Gasteiger charge is -2.14. The minimum Gasteiger partial charge on any atom is -0.435 e. The number of carbonyl (C=O) groups is 4. The molecule has 5 rings (SSSR count). The molecule has 0 saturated heterocycles. The summed E-state index contributed by atoms with van der Waals surface area (Å²) in [5.74, 6) is 1.03. The smallest absolute Gasteiger partial charge is 0.387 e. The molecule has 1 aliphatic rings. The Morgan fingerprint density at radius 2 is 1.00 bits per heavy atom. The summed E-state index contributed by atoms with van der Waals surface area (Å²) < 4.78 is 86.3. The van der Waals surface area contributed by atoms with Crippen LogP contribution in [-0.4, -0.2) is 36.4 Å². The van der Waals surface area contributed by atoms with E-state index in [-0.39, 0.29) is 61.5 Å². The Hall–Kier alpha value is -5.22. The van der Waals surface area contributed by atoms with Crippen molar-refractivity contribution in [3.8, 4) is 23.3 Å². The number of Topliss-reactive ketones (excluding diaryl/α,β-unsaturated/α-hetero) is 4. The molecule has 0 heterocycles. The van der Waals surface area contributed by atoms with Gasteiger partial charge in [0.1, 0.15) is 23.1 Å². The van der Waals surface area contributed by atoms with E-state index in [1.54, 1.807) is 27.7 Å². The predicted molar refractivity (Wildman–Crippen MR) is 192 cm³/mol. The molecule has 1 aliphatic carbocycles. The van der Waals surface area contributed by atoms with Crippen molar-refractivity contribution < 1.29 is 55.0 Å². The number of carbonyl (C=O) groups excluding carboxylic acids is 4. The van der Waals surface area contributed by atoms with Crippen LogP contribution in [0.25, 0.3) is 0 Å². The Morgan fingerprint density at radius 1 is 0.611 bits per heavy atom. The van der Waals surface area contributed by atoms with E-state index in [1.165, 1.54) is 60.7 Å². The van der Waals surface area contributed by atoms with Gasteiger partial charge in [0.25, 0.3) is 0 Å². The van der Waals surface area contributed by atoms with E-state index >= 15 is 0 Å². The molecule has 0 amide bonds. The van der Waals surface area contributed by atoms with Crippen LogP contribution in [0.2, 0.25) is 0 Å². The fraction of sp³-hybridized carbons (Fsp3) is 0.268. The van der Waals surface area contributed by atoms with Crippen molar-refractivity contribution in [1.82, 2.24) is 0 Å². The van der Waals surface area contributed by atoms with E-state index in [2.05, 4.69) is 37.2 Å². The van der Waals surface area contributed by atoms with Gasteiger partial charge in [-0.05, 0) is 125 Å². The zero-order chi connectivity index (χ0) is 39.9. The topological polar surface area (TPSA) is 86.7 Å². The van der Waals surface area contributed by atoms with Crippen molar-refractivity contribution in [2.75, 3.05) is 0 Å². The number of ether oxygens (including phenoxy) is 2. The first-order valence-electron chi connectivity index (χ1n) is 16.6. The molecule has 13 heteroatoms. The van der Waals surface area contributed by atoms with Crippen LogP contribution in [0.1, 0.15) is 110 Å². The number of alkyl halides is 4. The van der Waals surface area contributed by atoms with Crippen LogP contribution >= 0.6 is 15.9 Å². The molecule has 0 unspecified atom stereocenters. The first-order valence-corrected chi connectivity index (χ1v) is 17.4. The molecule has 0 aliphatic heterocycles. The highest BCUT2D eigenvalue weighted by molar-refractivity contribution is 9.10. The fourth-order valence-electron chi connectivity index (χ4n) is 5.02. The van der Waals surface area contributed by atoms with Gasteiger partial charge < -0.3 is 9.47 Å². The van der Waals surface area contributed by atoms with Gasteiger partial charge in [0.05, 0.1) is 10.0 Å². The largest absolute Gasteiger partial charge is 0.435 e. The highest BCUT2D eigenvalue weighted by Crippen LogP contribution is 2.31. The monoisotopic (exact) mass is 814 g/mol. The number of halogens is 7. The molecule has 1 fully saturated rings. The third-order valence-corrected chi connectivity index (χ3v) is 8.64. The summed E-state index contributed by atoms with van der Waals surface area (Å²) in [6.45, 7) is 1.03. The van der Waals surface area contributed by atoms with Gasteiger partial charge in [-0.3, -0.25) is 19.2 Å². The molecule has 0 aromatic heterocycles. The summed E-state index contributed by atoms with van der Waals surface area (Å²) in [6.07, 6.45) is 1.96. The Balaban J connectivity index is 0.000000244. The fourth-order valence-corrected chi connectivity index (χ4v) is 5.40. The van der Waals surface area contributed by atoms with Crippen LogP contribution in [0.4, 0.5) is 26.3 Å². The zero-order valence-electron chi connectivity index (χ0n) is 29.3. The van der Waals surface area contributed by atoms with Crippen molar-refractivity contribution in [3.63, 3.8) is 0 Å². The van der Waals surface area contributed by atoms with Crippen LogP contribution in [0.3, 0.4) is 0 Å². The second-order valence-electron chi connectivity index (χ2n) is 12.8. The van der Waals surface area contributed by atoms with Crippen molar-refractivity contribution in [3.05, 3.63) is 128 Å². The molecule has 0 N–H and O–H groups in total. The van der Waals surface area contributed by atoms with Crippen LogP contribution in [-0.2, 0) is 0 Å². The normalized spacial score (nSPS) is 12.2. The summed E-state index contributed by atoms with van der Waals surface area (Å²) in [7, 11) is 0. The van der Waals surface area contributed by atoms with E-state index in [9.17, 15) is 45.5 Å². The highest BCUT2D eigenvalue weighted by Gasteiger charge is 2.24. The number of benzene rings is 4. The Kier molecular flexibility index (Phi) is 14.0. The van der Waals surface area contributed by atoms with E-state index in [1.807, 2.05) is 0 Å². The zero-order valence-corrected chi connectivity index (χ0v) is 30.9. The summed E-state index contributed by atoms with van der Waals surface area (Å²) >= 11 is 2.96. The molecule has 0 atom stereocenters. The maximum atomic E-state index is 13.9. The molecule has 1 saturated carbocycles. The first kappa shape index (κ1) is 41.5. The van der Waals surface area contributed by atoms with E-state index in [4.69, 9.17) is 0 Å².